The Balaban J connectivity index is 1.47. The van der Waals surface area contributed by atoms with Crippen LogP contribution in [0.5, 0.6) is 0 Å². The number of fused-ring (bicyclic) bond motifs is 2. The average molecular weight is 454 g/mol. The molecule has 1 atom stereocenters. The maximum absolute atomic E-state index is 13.0. The predicted octanol–water partition coefficient (Wildman–Crippen LogP) is 4.79. The van der Waals surface area contributed by atoms with Crippen molar-refractivity contribution in [3.8, 4) is 0 Å². The molecule has 33 heavy (non-hydrogen) atoms. The number of aromatic nitrogens is 3. The molecule has 3 aromatic carbocycles. The smallest absolute Gasteiger partial charge is 0.268 e. The van der Waals surface area contributed by atoms with Crippen LogP contribution < -0.4 is 10.2 Å². The molecular weight excluding hydrogens is 438 g/mol. The molecule has 8 heteroatoms. The molecule has 1 unspecified atom stereocenters. The second-order valence-corrected chi connectivity index (χ2v) is 8.12. The number of nitrogens with one attached hydrogen (secondary N) is 1. The molecule has 7 nitrogen and oxygen atoms in total. The summed E-state index contributed by atoms with van der Waals surface area (Å²) < 4.78 is 1.65. The van der Waals surface area contributed by atoms with Crippen LogP contribution >= 0.6 is 11.6 Å². The van der Waals surface area contributed by atoms with Gasteiger partial charge in [0.25, 0.3) is 17.8 Å². The van der Waals surface area contributed by atoms with Crippen LogP contribution in [0.25, 0.3) is 5.70 Å². The number of hydrogen-bond donors (Lipinski definition) is 1. The standard InChI is InChI=1S/C25H16ClN5O2/c26-19-13-7-6-12-18(19)21-14-20(15-8-2-1-3-9-15)27-24-28-25(29-31(21)24)30-22(32)16-10-4-5-11-17(16)23(30)33/h1-14,21H,(H,27,28,29). The normalized spacial score (nSPS) is 16.8. The van der Waals surface area contributed by atoms with E-state index in [0.717, 1.165) is 21.7 Å². The molecule has 0 saturated heterocycles. The molecule has 0 spiro atoms. The molecule has 3 heterocycles. The Morgan fingerprint density at radius 3 is 2.15 bits per heavy atom. The van der Waals surface area contributed by atoms with Crippen LogP contribution in [-0.4, -0.2) is 26.6 Å². The third kappa shape index (κ3) is 3.05. The minimum atomic E-state index is -0.441. The fourth-order valence-electron chi connectivity index (χ4n) is 4.17. The quantitative estimate of drug-likeness (QED) is 0.451. The van der Waals surface area contributed by atoms with Crippen LogP contribution in [0.2, 0.25) is 5.02 Å². The monoisotopic (exact) mass is 453 g/mol. The minimum Gasteiger partial charge on any atom is -0.324 e. The lowest BCUT2D eigenvalue weighted by Crippen LogP contribution is -2.30. The van der Waals surface area contributed by atoms with Crippen LogP contribution in [0, 0.1) is 0 Å². The molecule has 2 amide bonds. The number of carbonyl (C=O) groups is 2. The van der Waals surface area contributed by atoms with Crippen molar-refractivity contribution in [3.63, 3.8) is 0 Å². The van der Waals surface area contributed by atoms with Crippen molar-refractivity contribution < 1.29 is 9.59 Å². The third-order valence-corrected chi connectivity index (χ3v) is 6.10. The van der Waals surface area contributed by atoms with Crippen molar-refractivity contribution in [2.75, 3.05) is 10.2 Å². The van der Waals surface area contributed by atoms with Gasteiger partial charge in [-0.05, 0) is 35.4 Å². The summed E-state index contributed by atoms with van der Waals surface area (Å²) >= 11 is 6.53. The van der Waals surface area contributed by atoms with E-state index in [4.69, 9.17) is 11.6 Å². The number of amides is 2. The first kappa shape index (κ1) is 19.5. The van der Waals surface area contributed by atoms with Crippen molar-refractivity contribution >= 4 is 41.0 Å². The van der Waals surface area contributed by atoms with E-state index in [2.05, 4.69) is 15.4 Å². The van der Waals surface area contributed by atoms with Gasteiger partial charge in [0.2, 0.25) is 5.95 Å². The molecule has 160 valence electrons. The van der Waals surface area contributed by atoms with Crippen LogP contribution in [0.15, 0.2) is 84.9 Å². The first-order chi connectivity index (χ1) is 16.1. The summed E-state index contributed by atoms with van der Waals surface area (Å²) in [4.78, 5) is 31.5. The van der Waals surface area contributed by atoms with Crippen LogP contribution in [0.1, 0.15) is 37.9 Å². The van der Waals surface area contributed by atoms with Gasteiger partial charge in [0.15, 0.2) is 0 Å². The van der Waals surface area contributed by atoms with Gasteiger partial charge >= 0.3 is 0 Å². The molecule has 4 aromatic rings. The highest BCUT2D eigenvalue weighted by Gasteiger charge is 2.40. The predicted molar refractivity (Wildman–Crippen MR) is 125 cm³/mol. The summed E-state index contributed by atoms with van der Waals surface area (Å²) in [5.41, 5.74) is 3.30. The average Bonchev–Trinajstić information content (AvgIpc) is 3.38. The number of anilines is 2. The fourth-order valence-corrected chi connectivity index (χ4v) is 4.42. The zero-order valence-corrected chi connectivity index (χ0v) is 17.9. The Labute approximate surface area is 193 Å². The molecule has 0 saturated carbocycles. The Kier molecular flexibility index (Phi) is 4.38. The van der Waals surface area contributed by atoms with E-state index < -0.39 is 11.8 Å². The zero-order chi connectivity index (χ0) is 22.5. The highest BCUT2D eigenvalue weighted by Crippen LogP contribution is 2.37. The summed E-state index contributed by atoms with van der Waals surface area (Å²) in [6.07, 6.45) is 2.00. The second kappa shape index (κ2) is 7.43. The van der Waals surface area contributed by atoms with E-state index in [1.807, 2.05) is 60.7 Å². The van der Waals surface area contributed by atoms with E-state index in [0.29, 0.717) is 22.1 Å². The fraction of sp³-hybridized carbons (Fsp3) is 0.0400. The van der Waals surface area contributed by atoms with Crippen molar-refractivity contribution in [1.82, 2.24) is 14.8 Å². The number of rotatable bonds is 3. The van der Waals surface area contributed by atoms with Gasteiger partial charge in [-0.3, -0.25) is 9.59 Å². The van der Waals surface area contributed by atoms with Gasteiger partial charge in [0.1, 0.15) is 6.04 Å². The number of hydrogen-bond acceptors (Lipinski definition) is 5. The van der Waals surface area contributed by atoms with Gasteiger partial charge in [0, 0.05) is 10.7 Å². The molecule has 0 aliphatic carbocycles. The van der Waals surface area contributed by atoms with Gasteiger partial charge < -0.3 is 5.32 Å². The number of benzene rings is 3. The molecule has 1 aromatic heterocycles. The molecule has 0 fully saturated rings. The highest BCUT2D eigenvalue weighted by atomic mass is 35.5. The number of halogens is 1. The summed E-state index contributed by atoms with van der Waals surface area (Å²) in [6, 6.07) is 23.6. The number of allylic oxidation sites excluding steroid dienone is 1. The first-order valence-electron chi connectivity index (χ1n) is 10.3. The number of nitrogens with zero attached hydrogens (tertiary/aromatic N) is 4. The van der Waals surface area contributed by atoms with Gasteiger partial charge in [-0.25, -0.2) is 9.58 Å². The van der Waals surface area contributed by atoms with Gasteiger partial charge in [0.05, 0.1) is 11.1 Å². The molecule has 1 N–H and O–H groups in total. The van der Waals surface area contributed by atoms with Gasteiger partial charge in [-0.2, -0.15) is 4.98 Å². The van der Waals surface area contributed by atoms with E-state index in [9.17, 15) is 9.59 Å². The van der Waals surface area contributed by atoms with Crippen LogP contribution in [0.3, 0.4) is 0 Å². The number of carbonyl (C=O) groups excluding carboxylic acids is 2. The van der Waals surface area contributed by atoms with Crippen molar-refractivity contribution in [3.05, 3.63) is 112 Å². The lowest BCUT2D eigenvalue weighted by molar-refractivity contribution is 0.0924. The topological polar surface area (TPSA) is 80.1 Å². The van der Waals surface area contributed by atoms with E-state index in [1.165, 1.54) is 0 Å². The number of imide groups is 1. The Hall–Kier alpha value is -4.23. The summed E-state index contributed by atoms with van der Waals surface area (Å²) in [6.45, 7) is 0. The summed E-state index contributed by atoms with van der Waals surface area (Å²) in [5, 5.41) is 8.43. The van der Waals surface area contributed by atoms with Gasteiger partial charge in [-0.15, -0.1) is 5.10 Å². The van der Waals surface area contributed by atoms with Crippen LogP contribution in [0.4, 0.5) is 11.9 Å². The highest BCUT2D eigenvalue weighted by molar-refractivity contribution is 6.34. The minimum absolute atomic E-state index is 0.0171. The lowest BCUT2D eigenvalue weighted by Gasteiger charge is -2.24. The molecule has 6 rings (SSSR count). The lowest BCUT2D eigenvalue weighted by atomic mass is 10.0. The Bertz CT molecular complexity index is 1430. The first-order valence-corrected chi connectivity index (χ1v) is 10.7. The SMILES string of the molecule is O=C1c2ccccc2C(=O)N1c1nc2n(n1)C(c1ccccc1Cl)C=C(c1ccccc1)N2. The Morgan fingerprint density at radius 2 is 1.45 bits per heavy atom. The van der Waals surface area contributed by atoms with Crippen molar-refractivity contribution in [2.45, 2.75) is 6.04 Å². The molecule has 0 radical (unpaired) electrons. The molecular formula is C25H16ClN5O2. The molecule has 2 aliphatic rings. The molecule has 2 aliphatic heterocycles. The largest absolute Gasteiger partial charge is 0.324 e. The van der Waals surface area contributed by atoms with Gasteiger partial charge in [-0.1, -0.05) is 72.3 Å². The van der Waals surface area contributed by atoms with E-state index in [1.54, 1.807) is 28.9 Å². The van der Waals surface area contributed by atoms with Crippen molar-refractivity contribution in [1.29, 1.82) is 0 Å². The summed E-state index contributed by atoms with van der Waals surface area (Å²) in [5.74, 6) is -0.454. The van der Waals surface area contributed by atoms with Crippen LogP contribution in [-0.2, 0) is 0 Å². The summed E-state index contributed by atoms with van der Waals surface area (Å²) in [7, 11) is 0. The second-order valence-electron chi connectivity index (χ2n) is 7.71. The van der Waals surface area contributed by atoms with Crippen molar-refractivity contribution in [2.24, 2.45) is 0 Å². The van der Waals surface area contributed by atoms with E-state index in [-0.39, 0.29) is 12.0 Å². The maximum Gasteiger partial charge on any atom is 0.268 e. The third-order valence-electron chi connectivity index (χ3n) is 5.76. The maximum atomic E-state index is 13.0. The Morgan fingerprint density at radius 1 is 0.818 bits per heavy atom. The molecule has 0 bridgehead atoms. The van der Waals surface area contributed by atoms with E-state index >= 15 is 0 Å². The zero-order valence-electron chi connectivity index (χ0n) is 17.1.